The predicted molar refractivity (Wildman–Crippen MR) is 79.0 cm³/mol. The Morgan fingerprint density at radius 1 is 1.00 bits per heavy atom. The molecule has 1 N–H and O–H groups in total. The van der Waals surface area contributed by atoms with E-state index in [4.69, 9.17) is 0 Å². The Kier molecular flexibility index (Phi) is 4.46. The molecule has 0 fully saturated rings. The molecule has 0 aliphatic rings. The smallest absolute Gasteiger partial charge is 0.264 e. The lowest BCUT2D eigenvalue weighted by atomic mass is 10.3. The zero-order valence-corrected chi connectivity index (χ0v) is 13.7. The van der Waals surface area contributed by atoms with Gasteiger partial charge in [0.15, 0.2) is 0 Å². The monoisotopic (exact) mass is 425 g/mol. The summed E-state index contributed by atoms with van der Waals surface area (Å²) in [6.07, 6.45) is 0. The summed E-state index contributed by atoms with van der Waals surface area (Å²) < 4.78 is 53.7. The van der Waals surface area contributed by atoms with Crippen LogP contribution in [0.3, 0.4) is 0 Å². The molecule has 0 aliphatic carbocycles. The van der Waals surface area contributed by atoms with Gasteiger partial charge in [0.25, 0.3) is 10.0 Å². The Hall–Kier alpha value is -0.990. The van der Waals surface area contributed by atoms with E-state index < -0.39 is 26.6 Å². The minimum atomic E-state index is -4.09. The molecule has 0 saturated heterocycles. The molecule has 3 nitrogen and oxygen atoms in total. The standard InChI is InChI=1S/C12H7Br2F2NO2S/c13-7-1-4-12(10(16)5-7)20(18,19)17-11-3-2-8(15)6-9(11)14/h1-6,17H. The molecular weight excluding hydrogens is 420 g/mol. The van der Waals surface area contributed by atoms with Crippen LogP contribution in [0.5, 0.6) is 0 Å². The number of nitrogens with one attached hydrogen (secondary N) is 1. The van der Waals surface area contributed by atoms with E-state index in [1.165, 1.54) is 12.1 Å². The Morgan fingerprint density at radius 3 is 2.30 bits per heavy atom. The molecule has 2 aromatic rings. The van der Waals surface area contributed by atoms with Crippen molar-refractivity contribution in [3.05, 3.63) is 57.0 Å². The molecule has 0 aromatic heterocycles. The fraction of sp³-hybridized carbons (Fsp3) is 0. The van der Waals surface area contributed by atoms with E-state index in [0.717, 1.165) is 24.3 Å². The molecule has 8 heteroatoms. The molecule has 0 radical (unpaired) electrons. The van der Waals surface area contributed by atoms with Crippen molar-refractivity contribution >= 4 is 47.6 Å². The van der Waals surface area contributed by atoms with Crippen molar-refractivity contribution in [2.24, 2.45) is 0 Å². The van der Waals surface area contributed by atoms with Crippen molar-refractivity contribution in [2.75, 3.05) is 4.72 Å². The van der Waals surface area contributed by atoms with Crippen molar-refractivity contribution in [1.29, 1.82) is 0 Å². The highest BCUT2D eigenvalue weighted by Gasteiger charge is 2.20. The van der Waals surface area contributed by atoms with E-state index in [1.54, 1.807) is 0 Å². The van der Waals surface area contributed by atoms with Crippen molar-refractivity contribution < 1.29 is 17.2 Å². The Bertz CT molecular complexity index is 766. The van der Waals surface area contributed by atoms with Crippen LogP contribution in [0.15, 0.2) is 50.2 Å². The lowest BCUT2D eigenvalue weighted by Gasteiger charge is -2.10. The highest BCUT2D eigenvalue weighted by atomic mass is 79.9. The highest BCUT2D eigenvalue weighted by molar-refractivity contribution is 9.10. The van der Waals surface area contributed by atoms with Gasteiger partial charge in [0.2, 0.25) is 0 Å². The molecule has 2 rings (SSSR count). The summed E-state index contributed by atoms with van der Waals surface area (Å²) in [4.78, 5) is -0.489. The largest absolute Gasteiger partial charge is 0.278 e. The molecule has 0 atom stereocenters. The highest BCUT2D eigenvalue weighted by Crippen LogP contribution is 2.27. The predicted octanol–water partition coefficient (Wildman–Crippen LogP) is 4.29. The number of rotatable bonds is 3. The maximum absolute atomic E-state index is 13.7. The lowest BCUT2D eigenvalue weighted by Crippen LogP contribution is -2.15. The fourth-order valence-corrected chi connectivity index (χ4v) is 3.52. The van der Waals surface area contributed by atoms with Crippen LogP contribution in [0.1, 0.15) is 0 Å². The quantitative estimate of drug-likeness (QED) is 0.795. The van der Waals surface area contributed by atoms with Crippen LogP contribution in [0.25, 0.3) is 0 Å². The number of anilines is 1. The molecule has 106 valence electrons. The Balaban J connectivity index is 2.41. The van der Waals surface area contributed by atoms with E-state index in [0.29, 0.717) is 4.47 Å². The van der Waals surface area contributed by atoms with Crippen molar-refractivity contribution in [3.63, 3.8) is 0 Å². The second-order valence-corrected chi connectivity index (χ2v) is 7.23. The van der Waals surface area contributed by atoms with Gasteiger partial charge in [-0.1, -0.05) is 15.9 Å². The van der Waals surface area contributed by atoms with Gasteiger partial charge in [0.05, 0.1) is 5.69 Å². The van der Waals surface area contributed by atoms with E-state index in [2.05, 4.69) is 36.6 Å². The topological polar surface area (TPSA) is 46.2 Å². The van der Waals surface area contributed by atoms with E-state index in [-0.39, 0.29) is 10.2 Å². The zero-order chi connectivity index (χ0) is 14.9. The van der Waals surface area contributed by atoms with Gasteiger partial charge in [-0.3, -0.25) is 4.72 Å². The Morgan fingerprint density at radius 2 is 1.70 bits per heavy atom. The molecule has 0 amide bonds. The van der Waals surface area contributed by atoms with Crippen LogP contribution >= 0.6 is 31.9 Å². The van der Waals surface area contributed by atoms with Crippen LogP contribution < -0.4 is 4.72 Å². The second-order valence-electron chi connectivity index (χ2n) is 3.80. The minimum Gasteiger partial charge on any atom is -0.278 e. The SMILES string of the molecule is O=S(=O)(Nc1ccc(F)cc1Br)c1ccc(Br)cc1F. The fourth-order valence-electron chi connectivity index (χ4n) is 1.47. The number of hydrogen-bond donors (Lipinski definition) is 1. The normalized spacial score (nSPS) is 11.4. The third-order valence-electron chi connectivity index (χ3n) is 2.36. The summed E-state index contributed by atoms with van der Waals surface area (Å²) in [5.41, 5.74) is 0.119. The van der Waals surface area contributed by atoms with Gasteiger partial charge in [-0.15, -0.1) is 0 Å². The van der Waals surface area contributed by atoms with Gasteiger partial charge in [-0.05, 0) is 52.3 Å². The molecule has 0 aliphatic heterocycles. The average Bonchev–Trinajstić information content (AvgIpc) is 2.32. The first kappa shape index (κ1) is 15.4. The summed E-state index contributed by atoms with van der Waals surface area (Å²) in [6, 6.07) is 7.05. The van der Waals surface area contributed by atoms with E-state index >= 15 is 0 Å². The minimum absolute atomic E-state index is 0.119. The average molecular weight is 427 g/mol. The van der Waals surface area contributed by atoms with Crippen LogP contribution in [-0.4, -0.2) is 8.42 Å². The van der Waals surface area contributed by atoms with Crippen molar-refractivity contribution in [3.8, 4) is 0 Å². The summed E-state index contributed by atoms with van der Waals surface area (Å²) >= 11 is 6.08. The number of hydrogen-bond acceptors (Lipinski definition) is 2. The lowest BCUT2D eigenvalue weighted by molar-refractivity contribution is 0.569. The summed E-state index contributed by atoms with van der Waals surface area (Å²) in [7, 11) is -4.09. The maximum Gasteiger partial charge on any atom is 0.264 e. The zero-order valence-electron chi connectivity index (χ0n) is 9.70. The van der Waals surface area contributed by atoms with Gasteiger partial charge >= 0.3 is 0 Å². The molecular formula is C12H7Br2F2NO2S. The second kappa shape index (κ2) is 5.79. The van der Waals surface area contributed by atoms with Gasteiger partial charge in [0.1, 0.15) is 16.5 Å². The summed E-state index contributed by atoms with van der Waals surface area (Å²) in [5.74, 6) is -1.40. The van der Waals surface area contributed by atoms with E-state index in [9.17, 15) is 17.2 Å². The summed E-state index contributed by atoms with van der Waals surface area (Å²) in [6.45, 7) is 0. The van der Waals surface area contributed by atoms with Gasteiger partial charge in [-0.25, -0.2) is 17.2 Å². The third-order valence-corrected chi connectivity index (χ3v) is 4.91. The third kappa shape index (κ3) is 3.36. The van der Waals surface area contributed by atoms with Gasteiger partial charge in [0, 0.05) is 8.95 Å². The molecule has 20 heavy (non-hydrogen) atoms. The van der Waals surface area contributed by atoms with Crippen molar-refractivity contribution in [2.45, 2.75) is 4.90 Å². The molecule has 0 saturated carbocycles. The molecule has 0 spiro atoms. The van der Waals surface area contributed by atoms with Gasteiger partial charge in [-0.2, -0.15) is 0 Å². The van der Waals surface area contributed by atoms with E-state index in [1.807, 2.05) is 0 Å². The van der Waals surface area contributed by atoms with Crippen LogP contribution in [0, 0.1) is 11.6 Å². The van der Waals surface area contributed by atoms with Gasteiger partial charge < -0.3 is 0 Å². The molecule has 2 aromatic carbocycles. The van der Waals surface area contributed by atoms with Crippen molar-refractivity contribution in [1.82, 2.24) is 0 Å². The maximum atomic E-state index is 13.7. The number of sulfonamides is 1. The number of halogens is 4. The van der Waals surface area contributed by atoms with Crippen LogP contribution in [0.2, 0.25) is 0 Å². The molecule has 0 bridgehead atoms. The molecule has 0 unspecified atom stereocenters. The van der Waals surface area contributed by atoms with Crippen LogP contribution in [-0.2, 0) is 10.0 Å². The first-order chi connectivity index (χ1) is 9.29. The molecule has 0 heterocycles. The Labute approximate surface area is 131 Å². The number of benzene rings is 2. The first-order valence-corrected chi connectivity index (χ1v) is 8.29. The first-order valence-electron chi connectivity index (χ1n) is 5.22. The summed E-state index contributed by atoms with van der Waals surface area (Å²) in [5, 5.41) is 0. The van der Waals surface area contributed by atoms with Crippen LogP contribution in [0.4, 0.5) is 14.5 Å².